The number of hydrogen-bond donors (Lipinski definition) is 0. The van der Waals surface area contributed by atoms with Crippen LogP contribution in [0.2, 0.25) is 0 Å². The molecule has 0 radical (unpaired) electrons. The highest BCUT2D eigenvalue weighted by Gasteiger charge is 2.20. The zero-order valence-electron chi connectivity index (χ0n) is 13.4. The number of rotatable bonds is 3. The van der Waals surface area contributed by atoms with Crippen molar-refractivity contribution >= 4 is 21.6 Å². The molecule has 0 aliphatic heterocycles. The van der Waals surface area contributed by atoms with Crippen LogP contribution in [0.1, 0.15) is 29.0 Å². The Morgan fingerprint density at radius 2 is 2.16 bits per heavy atom. The molecule has 4 heterocycles. The molecule has 6 nitrogen and oxygen atoms in total. The van der Waals surface area contributed by atoms with E-state index >= 15 is 0 Å². The number of thiophene rings is 1. The van der Waals surface area contributed by atoms with Gasteiger partial charge in [-0.2, -0.15) is 0 Å². The maximum atomic E-state index is 13.0. The second-order valence-electron chi connectivity index (χ2n) is 6.23. The van der Waals surface area contributed by atoms with Crippen LogP contribution in [0.25, 0.3) is 21.7 Å². The third-order valence-corrected chi connectivity index (χ3v) is 5.80. The van der Waals surface area contributed by atoms with Gasteiger partial charge in [0.1, 0.15) is 10.5 Å². The molecule has 1 aliphatic rings. The van der Waals surface area contributed by atoms with E-state index in [-0.39, 0.29) is 5.56 Å². The number of fused-ring (bicyclic) bond motifs is 3. The molecule has 0 spiro atoms. The zero-order chi connectivity index (χ0) is 16.8. The summed E-state index contributed by atoms with van der Waals surface area (Å²) in [6.45, 7) is 0.330. The highest BCUT2D eigenvalue weighted by Crippen LogP contribution is 2.33. The predicted molar refractivity (Wildman–Crippen MR) is 93.8 cm³/mol. The Bertz CT molecular complexity index is 1100. The average Bonchev–Trinajstić information content (AvgIpc) is 3.36. The fourth-order valence-electron chi connectivity index (χ4n) is 3.39. The van der Waals surface area contributed by atoms with Crippen LogP contribution in [0, 0.1) is 0 Å². The first-order valence-electron chi connectivity index (χ1n) is 8.29. The van der Waals surface area contributed by atoms with E-state index in [1.54, 1.807) is 40.6 Å². The summed E-state index contributed by atoms with van der Waals surface area (Å²) in [5.41, 5.74) is 1.88. The largest absolute Gasteiger partial charge is 0.461 e. The quantitative estimate of drug-likeness (QED) is 0.562. The lowest BCUT2D eigenvalue weighted by Crippen LogP contribution is -2.21. The first-order chi connectivity index (χ1) is 12.3. The molecule has 7 heteroatoms. The molecule has 126 valence electrons. The summed E-state index contributed by atoms with van der Waals surface area (Å²) in [5, 5.41) is 4.83. The molecule has 25 heavy (non-hydrogen) atoms. The summed E-state index contributed by atoms with van der Waals surface area (Å²) < 4.78 is 12.2. The minimum absolute atomic E-state index is 0.00643. The third kappa shape index (κ3) is 2.42. The molecule has 0 saturated heterocycles. The first kappa shape index (κ1) is 14.7. The molecule has 5 rings (SSSR count). The minimum Gasteiger partial charge on any atom is -0.461 e. The van der Waals surface area contributed by atoms with E-state index in [1.807, 2.05) is 6.07 Å². The Morgan fingerprint density at radius 1 is 1.24 bits per heavy atom. The molecule has 4 aromatic rings. The molecule has 0 fully saturated rings. The predicted octanol–water partition coefficient (Wildman–Crippen LogP) is 3.63. The van der Waals surface area contributed by atoms with Gasteiger partial charge < -0.3 is 8.94 Å². The van der Waals surface area contributed by atoms with Gasteiger partial charge in [-0.3, -0.25) is 9.36 Å². The van der Waals surface area contributed by atoms with Crippen molar-refractivity contribution in [3.63, 3.8) is 0 Å². The van der Waals surface area contributed by atoms with Crippen molar-refractivity contribution in [3.05, 3.63) is 57.3 Å². The van der Waals surface area contributed by atoms with Crippen molar-refractivity contribution in [2.45, 2.75) is 32.2 Å². The fraction of sp³-hybridized carbons (Fsp3) is 0.278. The van der Waals surface area contributed by atoms with Gasteiger partial charge in [0.15, 0.2) is 5.76 Å². The van der Waals surface area contributed by atoms with Gasteiger partial charge >= 0.3 is 0 Å². The Labute approximate surface area is 146 Å². The molecule has 0 unspecified atom stereocenters. The Kier molecular flexibility index (Phi) is 3.34. The van der Waals surface area contributed by atoms with E-state index in [0.717, 1.165) is 29.5 Å². The number of aromatic nitrogens is 3. The second-order valence-corrected chi connectivity index (χ2v) is 7.31. The van der Waals surface area contributed by atoms with Gasteiger partial charge in [-0.1, -0.05) is 5.16 Å². The Morgan fingerprint density at radius 3 is 3.04 bits per heavy atom. The molecule has 0 atom stereocenters. The number of furan rings is 1. The van der Waals surface area contributed by atoms with Crippen molar-refractivity contribution < 1.29 is 8.94 Å². The van der Waals surface area contributed by atoms with E-state index in [1.165, 1.54) is 16.9 Å². The molecular weight excluding hydrogens is 338 g/mol. The topological polar surface area (TPSA) is 74.1 Å². The average molecular weight is 353 g/mol. The van der Waals surface area contributed by atoms with E-state index < -0.39 is 0 Å². The van der Waals surface area contributed by atoms with Gasteiger partial charge in [-0.05, 0) is 43.4 Å². The van der Waals surface area contributed by atoms with Crippen LogP contribution < -0.4 is 5.56 Å². The van der Waals surface area contributed by atoms with Crippen LogP contribution in [0.5, 0.6) is 0 Å². The lowest BCUT2D eigenvalue weighted by molar-refractivity contribution is 0.408. The van der Waals surface area contributed by atoms with Crippen molar-refractivity contribution in [2.75, 3.05) is 0 Å². The van der Waals surface area contributed by atoms with Gasteiger partial charge in [0.05, 0.1) is 24.5 Å². The normalized spacial score (nSPS) is 14.1. The maximum absolute atomic E-state index is 13.0. The van der Waals surface area contributed by atoms with Crippen molar-refractivity contribution in [1.82, 2.24) is 14.7 Å². The van der Waals surface area contributed by atoms with Gasteiger partial charge in [0.25, 0.3) is 5.56 Å². The van der Waals surface area contributed by atoms with E-state index in [9.17, 15) is 4.79 Å². The van der Waals surface area contributed by atoms with Crippen LogP contribution >= 0.6 is 11.3 Å². The van der Waals surface area contributed by atoms with Crippen molar-refractivity contribution in [2.24, 2.45) is 0 Å². The number of hydrogen-bond acceptors (Lipinski definition) is 6. The van der Waals surface area contributed by atoms with Crippen LogP contribution in [0.15, 0.2) is 44.5 Å². The monoisotopic (exact) mass is 353 g/mol. The summed E-state index contributed by atoms with van der Waals surface area (Å²) in [4.78, 5) is 19.6. The summed E-state index contributed by atoms with van der Waals surface area (Å²) in [5.74, 6) is 1.17. The molecule has 0 N–H and O–H groups in total. The summed E-state index contributed by atoms with van der Waals surface area (Å²) >= 11 is 1.66. The Hall–Kier alpha value is -2.67. The highest BCUT2D eigenvalue weighted by molar-refractivity contribution is 7.18. The zero-order valence-corrected chi connectivity index (χ0v) is 14.2. The van der Waals surface area contributed by atoms with Gasteiger partial charge in [-0.15, -0.1) is 11.3 Å². The number of nitrogens with zero attached hydrogens (tertiary/aromatic N) is 3. The van der Waals surface area contributed by atoms with E-state index in [0.29, 0.717) is 23.8 Å². The van der Waals surface area contributed by atoms with Gasteiger partial charge in [-0.25, -0.2) is 4.98 Å². The smallest absolute Gasteiger partial charge is 0.262 e. The van der Waals surface area contributed by atoms with Crippen LogP contribution in [0.4, 0.5) is 0 Å². The van der Waals surface area contributed by atoms with Crippen LogP contribution in [0.3, 0.4) is 0 Å². The van der Waals surface area contributed by atoms with Crippen molar-refractivity contribution in [3.8, 4) is 11.5 Å². The fourth-order valence-corrected chi connectivity index (χ4v) is 4.61. The van der Waals surface area contributed by atoms with E-state index in [2.05, 4.69) is 10.1 Å². The molecule has 0 amide bonds. The number of aryl methyl sites for hydroxylation is 2. The minimum atomic E-state index is 0.00643. The summed E-state index contributed by atoms with van der Waals surface area (Å²) in [7, 11) is 0. The molecular formula is C18H15N3O3S. The van der Waals surface area contributed by atoms with Gasteiger partial charge in [0.2, 0.25) is 5.76 Å². The lowest BCUT2D eigenvalue weighted by atomic mass is 9.97. The van der Waals surface area contributed by atoms with Crippen molar-refractivity contribution in [1.29, 1.82) is 0 Å². The van der Waals surface area contributed by atoms with Gasteiger partial charge in [0, 0.05) is 10.9 Å². The SMILES string of the molecule is O=c1c2c3c(sc2ncn1Cc1cc(-c2ccco2)on1)CCCC3. The molecule has 0 bridgehead atoms. The highest BCUT2D eigenvalue weighted by atomic mass is 32.1. The molecule has 1 aliphatic carbocycles. The third-order valence-electron chi connectivity index (χ3n) is 4.60. The standard InChI is InChI=1S/C18H15N3O3S/c22-18-16-12-4-1-2-6-15(12)25-17(16)19-10-21(18)9-11-8-14(24-20-11)13-5-3-7-23-13/h3,5,7-8,10H,1-2,4,6,9H2. The van der Waals surface area contributed by atoms with E-state index in [4.69, 9.17) is 8.94 Å². The molecule has 0 aromatic carbocycles. The maximum Gasteiger partial charge on any atom is 0.262 e. The molecule has 0 saturated carbocycles. The second kappa shape index (κ2) is 5.70. The summed E-state index contributed by atoms with van der Waals surface area (Å²) in [6.07, 6.45) is 7.56. The summed E-state index contributed by atoms with van der Waals surface area (Å²) in [6, 6.07) is 5.39. The van der Waals surface area contributed by atoms with Crippen LogP contribution in [-0.2, 0) is 19.4 Å². The van der Waals surface area contributed by atoms with Crippen LogP contribution in [-0.4, -0.2) is 14.7 Å². The lowest BCUT2D eigenvalue weighted by Gasteiger charge is -2.10. The molecule has 4 aromatic heterocycles. The first-order valence-corrected chi connectivity index (χ1v) is 9.10. The Balaban J connectivity index is 1.53.